The highest BCUT2D eigenvalue weighted by atomic mass is 32.1. The molecule has 4 rings (SSSR count). The molecule has 1 aromatic heterocycles. The molecular weight excluding hydrogens is 442 g/mol. The van der Waals surface area contributed by atoms with Gasteiger partial charge in [-0.1, -0.05) is 18.2 Å². The lowest BCUT2D eigenvalue weighted by atomic mass is 9.99. The number of amides is 1. The summed E-state index contributed by atoms with van der Waals surface area (Å²) in [6.45, 7) is 0.181. The fraction of sp³-hybridized carbons (Fsp3) is 0.200. The summed E-state index contributed by atoms with van der Waals surface area (Å²) < 4.78 is 15.9. The Hall–Kier alpha value is -3.78. The molecular formula is C25H23NO6S. The minimum absolute atomic E-state index is 0.0220. The second kappa shape index (κ2) is 9.38. The molecule has 1 saturated heterocycles. The molecule has 0 spiro atoms. The van der Waals surface area contributed by atoms with Crippen molar-refractivity contribution in [2.75, 3.05) is 21.3 Å². The molecule has 1 N–H and O–H groups in total. The zero-order valence-electron chi connectivity index (χ0n) is 18.4. The molecule has 33 heavy (non-hydrogen) atoms. The van der Waals surface area contributed by atoms with E-state index in [2.05, 4.69) is 0 Å². The maximum absolute atomic E-state index is 13.2. The van der Waals surface area contributed by atoms with Crippen LogP contribution in [0, 0.1) is 0 Å². The van der Waals surface area contributed by atoms with Crippen molar-refractivity contribution in [3.8, 4) is 17.2 Å². The van der Waals surface area contributed by atoms with Crippen LogP contribution in [-0.2, 0) is 16.1 Å². The van der Waals surface area contributed by atoms with Crippen molar-refractivity contribution in [1.82, 2.24) is 4.90 Å². The molecule has 1 aliphatic heterocycles. The van der Waals surface area contributed by atoms with E-state index in [0.29, 0.717) is 22.8 Å². The summed E-state index contributed by atoms with van der Waals surface area (Å²) in [7, 11) is 4.55. The third-order valence-electron chi connectivity index (χ3n) is 5.50. The first-order valence-corrected chi connectivity index (χ1v) is 11.0. The molecule has 7 nitrogen and oxygen atoms in total. The van der Waals surface area contributed by atoms with Gasteiger partial charge >= 0.3 is 0 Å². The van der Waals surface area contributed by atoms with Crippen LogP contribution in [0.4, 0.5) is 0 Å². The molecule has 0 bridgehead atoms. The van der Waals surface area contributed by atoms with E-state index in [4.69, 9.17) is 14.2 Å². The van der Waals surface area contributed by atoms with Crippen LogP contribution < -0.4 is 14.2 Å². The number of rotatable bonds is 7. The standard InChI is InChI=1S/C25H23NO6S/c1-30-16-7-4-6-15(12-16)14-26-22(20-8-5-11-33-20)21(24(28)25(26)29)23(27)18-10-9-17(31-2)13-19(18)32-3/h4-13,22,27H,14H2,1-3H3/b23-21-. The minimum Gasteiger partial charge on any atom is -0.507 e. The number of aliphatic hydroxyl groups is 1. The van der Waals surface area contributed by atoms with Gasteiger partial charge in [-0.15, -0.1) is 11.3 Å². The van der Waals surface area contributed by atoms with Crippen LogP contribution >= 0.6 is 11.3 Å². The van der Waals surface area contributed by atoms with Crippen molar-refractivity contribution in [3.63, 3.8) is 0 Å². The number of carbonyl (C=O) groups is 2. The SMILES string of the molecule is COc1cccc(CN2C(=O)C(=O)/C(=C(\O)c3ccc(OC)cc3OC)C2c2cccs2)c1. The molecule has 1 amide bonds. The van der Waals surface area contributed by atoms with Crippen molar-refractivity contribution >= 4 is 28.8 Å². The third-order valence-corrected chi connectivity index (χ3v) is 6.43. The van der Waals surface area contributed by atoms with Gasteiger partial charge in [-0.25, -0.2) is 0 Å². The maximum Gasteiger partial charge on any atom is 0.295 e. The van der Waals surface area contributed by atoms with Crippen LogP contribution in [0.2, 0.25) is 0 Å². The van der Waals surface area contributed by atoms with Crippen LogP contribution in [-0.4, -0.2) is 43.0 Å². The summed E-state index contributed by atoms with van der Waals surface area (Å²) in [5.74, 6) is -0.191. The number of aliphatic hydroxyl groups excluding tert-OH is 1. The molecule has 3 aromatic rings. The average molecular weight is 466 g/mol. The summed E-state index contributed by atoms with van der Waals surface area (Å²) in [4.78, 5) is 28.5. The highest BCUT2D eigenvalue weighted by molar-refractivity contribution is 7.10. The van der Waals surface area contributed by atoms with E-state index in [1.54, 1.807) is 25.3 Å². The number of hydrogen-bond donors (Lipinski definition) is 1. The quantitative estimate of drug-likeness (QED) is 0.316. The molecule has 1 unspecified atom stereocenters. The molecule has 0 saturated carbocycles. The smallest absolute Gasteiger partial charge is 0.295 e. The molecule has 170 valence electrons. The number of benzene rings is 2. The van der Waals surface area contributed by atoms with Crippen molar-refractivity contribution in [1.29, 1.82) is 0 Å². The number of ketones is 1. The van der Waals surface area contributed by atoms with Gasteiger partial charge in [0, 0.05) is 17.5 Å². The maximum atomic E-state index is 13.2. The second-order valence-electron chi connectivity index (χ2n) is 7.36. The Morgan fingerprint density at radius 1 is 0.970 bits per heavy atom. The molecule has 1 atom stereocenters. The highest BCUT2D eigenvalue weighted by Crippen LogP contribution is 2.43. The second-order valence-corrected chi connectivity index (χ2v) is 8.34. The predicted octanol–water partition coefficient (Wildman–Crippen LogP) is 4.40. The fourth-order valence-electron chi connectivity index (χ4n) is 3.89. The zero-order chi connectivity index (χ0) is 23.5. The fourth-order valence-corrected chi connectivity index (χ4v) is 4.74. The predicted molar refractivity (Wildman–Crippen MR) is 125 cm³/mol. The number of thiophene rings is 1. The first kappa shape index (κ1) is 22.4. The van der Waals surface area contributed by atoms with Gasteiger partial charge in [0.25, 0.3) is 11.7 Å². The molecule has 0 radical (unpaired) electrons. The normalized spacial score (nSPS) is 17.3. The Balaban J connectivity index is 1.84. The van der Waals surface area contributed by atoms with Crippen LogP contribution in [0.1, 0.15) is 22.0 Å². The van der Waals surface area contributed by atoms with Crippen LogP contribution in [0.25, 0.3) is 5.76 Å². The molecule has 8 heteroatoms. The van der Waals surface area contributed by atoms with E-state index in [-0.39, 0.29) is 17.9 Å². The Bertz CT molecular complexity index is 1220. The summed E-state index contributed by atoms with van der Waals surface area (Å²) in [6.07, 6.45) is 0. The monoisotopic (exact) mass is 465 g/mol. The van der Waals surface area contributed by atoms with Gasteiger partial charge in [0.1, 0.15) is 23.0 Å². The third kappa shape index (κ3) is 4.17. The number of Topliss-reactive ketones (excluding diaryl/α,β-unsaturated/α-hetero) is 1. The Morgan fingerprint density at radius 2 is 1.73 bits per heavy atom. The first-order valence-electron chi connectivity index (χ1n) is 10.2. The lowest BCUT2D eigenvalue weighted by molar-refractivity contribution is -0.140. The van der Waals surface area contributed by atoms with Gasteiger partial charge < -0.3 is 24.2 Å². The number of carbonyl (C=O) groups excluding carboxylic acids is 2. The van der Waals surface area contributed by atoms with E-state index < -0.39 is 17.7 Å². The lowest BCUT2D eigenvalue weighted by Gasteiger charge is -2.24. The molecule has 2 heterocycles. The summed E-state index contributed by atoms with van der Waals surface area (Å²) >= 11 is 1.41. The molecule has 1 fully saturated rings. The Kier molecular flexibility index (Phi) is 6.37. The van der Waals surface area contributed by atoms with Crippen molar-refractivity contribution in [2.24, 2.45) is 0 Å². The van der Waals surface area contributed by atoms with E-state index in [1.807, 2.05) is 41.8 Å². The molecule has 2 aromatic carbocycles. The lowest BCUT2D eigenvalue weighted by Crippen LogP contribution is -2.28. The van der Waals surface area contributed by atoms with Crippen LogP contribution in [0.15, 0.2) is 65.6 Å². The van der Waals surface area contributed by atoms with Gasteiger partial charge in [-0.05, 0) is 41.3 Å². The highest BCUT2D eigenvalue weighted by Gasteiger charge is 2.46. The summed E-state index contributed by atoms with van der Waals surface area (Å²) in [6, 6.07) is 15.1. The Labute approximate surface area is 195 Å². The zero-order valence-corrected chi connectivity index (χ0v) is 19.2. The van der Waals surface area contributed by atoms with Gasteiger partial charge in [0.15, 0.2) is 0 Å². The minimum atomic E-state index is -0.744. The largest absolute Gasteiger partial charge is 0.507 e. The van der Waals surface area contributed by atoms with E-state index in [0.717, 1.165) is 10.4 Å². The number of methoxy groups -OCH3 is 3. The topological polar surface area (TPSA) is 85.3 Å². The van der Waals surface area contributed by atoms with E-state index in [9.17, 15) is 14.7 Å². The average Bonchev–Trinajstić information content (AvgIpc) is 3.46. The van der Waals surface area contributed by atoms with Crippen molar-refractivity contribution in [2.45, 2.75) is 12.6 Å². The van der Waals surface area contributed by atoms with E-state index in [1.165, 1.54) is 30.5 Å². The van der Waals surface area contributed by atoms with Crippen molar-refractivity contribution in [3.05, 3.63) is 81.6 Å². The first-order chi connectivity index (χ1) is 16.0. The number of nitrogens with zero attached hydrogens (tertiary/aromatic N) is 1. The van der Waals surface area contributed by atoms with Gasteiger partial charge in [-0.2, -0.15) is 0 Å². The number of ether oxygens (including phenoxy) is 3. The van der Waals surface area contributed by atoms with Gasteiger partial charge in [-0.3, -0.25) is 9.59 Å². The molecule has 0 aliphatic carbocycles. The van der Waals surface area contributed by atoms with Gasteiger partial charge in [0.2, 0.25) is 0 Å². The molecule has 1 aliphatic rings. The summed E-state index contributed by atoms with van der Waals surface area (Å²) in [5, 5.41) is 13.1. The number of likely N-dealkylation sites (tertiary alicyclic amines) is 1. The van der Waals surface area contributed by atoms with Crippen LogP contribution in [0.3, 0.4) is 0 Å². The van der Waals surface area contributed by atoms with E-state index >= 15 is 0 Å². The Morgan fingerprint density at radius 3 is 2.39 bits per heavy atom. The van der Waals surface area contributed by atoms with Gasteiger partial charge in [0.05, 0.1) is 38.5 Å². The van der Waals surface area contributed by atoms with Crippen LogP contribution in [0.5, 0.6) is 17.2 Å². The number of hydrogen-bond acceptors (Lipinski definition) is 7. The summed E-state index contributed by atoms with van der Waals surface area (Å²) in [5.41, 5.74) is 1.13. The van der Waals surface area contributed by atoms with Crippen molar-refractivity contribution < 1.29 is 28.9 Å².